The summed E-state index contributed by atoms with van der Waals surface area (Å²) in [6, 6.07) is 10.2. The van der Waals surface area contributed by atoms with E-state index in [0.29, 0.717) is 13.0 Å². The third-order valence-electron chi connectivity index (χ3n) is 2.03. The van der Waals surface area contributed by atoms with Gasteiger partial charge in [-0.15, -0.1) is 6.58 Å². The van der Waals surface area contributed by atoms with Crippen molar-refractivity contribution in [1.82, 2.24) is 0 Å². The molecule has 0 N–H and O–H groups in total. The van der Waals surface area contributed by atoms with Gasteiger partial charge in [-0.25, -0.2) is 0 Å². The molecule has 0 saturated heterocycles. The number of hydrogen-bond acceptors (Lipinski definition) is 2. The molecule has 80 valence electrons. The Morgan fingerprint density at radius 3 is 2.73 bits per heavy atom. The Balaban J connectivity index is 2.12. The molecule has 0 unspecified atom stereocenters. The summed E-state index contributed by atoms with van der Waals surface area (Å²) in [7, 11) is 0. The zero-order valence-corrected chi connectivity index (χ0v) is 8.82. The molecule has 0 saturated carbocycles. The van der Waals surface area contributed by atoms with Gasteiger partial charge in [0.05, 0.1) is 13.0 Å². The van der Waals surface area contributed by atoms with E-state index in [1.54, 1.807) is 6.08 Å². The average Bonchev–Trinajstić information content (AvgIpc) is 2.26. The Hall–Kier alpha value is -1.57. The first-order valence-corrected chi connectivity index (χ1v) is 5.13. The highest BCUT2D eigenvalue weighted by Gasteiger charge is 1.98. The predicted octanol–water partition coefficient (Wildman–Crippen LogP) is 2.74. The van der Waals surface area contributed by atoms with Crippen molar-refractivity contribution in [2.45, 2.75) is 19.3 Å². The van der Waals surface area contributed by atoms with Crippen LogP contribution in [0.25, 0.3) is 0 Å². The number of benzene rings is 1. The van der Waals surface area contributed by atoms with Crippen molar-refractivity contribution in [3.63, 3.8) is 0 Å². The van der Waals surface area contributed by atoms with E-state index in [4.69, 9.17) is 4.74 Å². The number of aryl methyl sites for hydroxylation is 1. The van der Waals surface area contributed by atoms with Crippen molar-refractivity contribution in [3.8, 4) is 0 Å². The lowest BCUT2D eigenvalue weighted by molar-refractivity contribution is -0.142. The molecule has 0 heterocycles. The Morgan fingerprint density at radius 2 is 2.07 bits per heavy atom. The van der Waals surface area contributed by atoms with Crippen molar-refractivity contribution in [2.75, 3.05) is 6.61 Å². The van der Waals surface area contributed by atoms with Crippen molar-refractivity contribution in [3.05, 3.63) is 48.6 Å². The molecule has 0 aliphatic rings. The molecule has 0 atom stereocenters. The second kappa shape index (κ2) is 6.82. The lowest BCUT2D eigenvalue weighted by Gasteiger charge is -2.03. The predicted molar refractivity (Wildman–Crippen MR) is 60.5 cm³/mol. The summed E-state index contributed by atoms with van der Waals surface area (Å²) in [4.78, 5) is 11.0. The van der Waals surface area contributed by atoms with Gasteiger partial charge in [-0.05, 0) is 18.4 Å². The molecule has 2 heteroatoms. The van der Waals surface area contributed by atoms with Gasteiger partial charge in [-0.1, -0.05) is 36.4 Å². The van der Waals surface area contributed by atoms with E-state index < -0.39 is 0 Å². The highest BCUT2D eigenvalue weighted by Crippen LogP contribution is 2.02. The molecule has 1 aromatic carbocycles. The maximum Gasteiger partial charge on any atom is 0.309 e. The van der Waals surface area contributed by atoms with Gasteiger partial charge < -0.3 is 4.74 Å². The minimum Gasteiger partial charge on any atom is -0.465 e. The molecule has 0 bridgehead atoms. The number of esters is 1. The van der Waals surface area contributed by atoms with Gasteiger partial charge in [0.2, 0.25) is 0 Å². The summed E-state index contributed by atoms with van der Waals surface area (Å²) >= 11 is 0. The number of hydrogen-bond donors (Lipinski definition) is 0. The van der Waals surface area contributed by atoms with Crippen LogP contribution >= 0.6 is 0 Å². The summed E-state index contributed by atoms with van der Waals surface area (Å²) in [5.74, 6) is -0.196. The Morgan fingerprint density at radius 1 is 1.33 bits per heavy atom. The zero-order valence-electron chi connectivity index (χ0n) is 8.82. The Bertz CT molecular complexity index is 304. The fraction of sp³-hybridized carbons (Fsp3) is 0.308. The smallest absolute Gasteiger partial charge is 0.309 e. The normalized spacial score (nSPS) is 9.60. The fourth-order valence-electron chi connectivity index (χ4n) is 1.28. The molecule has 15 heavy (non-hydrogen) atoms. The molecule has 0 amide bonds. The third kappa shape index (κ3) is 5.01. The van der Waals surface area contributed by atoms with Crippen LogP contribution in [0.2, 0.25) is 0 Å². The Labute approximate surface area is 90.6 Å². The van der Waals surface area contributed by atoms with Gasteiger partial charge in [0.15, 0.2) is 0 Å². The standard InChI is InChI=1S/C13H16O2/c1-2-7-13(14)15-11-6-10-12-8-4-3-5-9-12/h2-5,8-9H,1,6-7,10-11H2. The first-order valence-electron chi connectivity index (χ1n) is 5.13. The summed E-state index contributed by atoms with van der Waals surface area (Å²) in [5.41, 5.74) is 1.28. The van der Waals surface area contributed by atoms with Crippen LogP contribution in [0.3, 0.4) is 0 Å². The maximum absolute atomic E-state index is 11.0. The van der Waals surface area contributed by atoms with Crippen LogP contribution in [0.15, 0.2) is 43.0 Å². The van der Waals surface area contributed by atoms with Crippen LogP contribution < -0.4 is 0 Å². The third-order valence-corrected chi connectivity index (χ3v) is 2.03. The monoisotopic (exact) mass is 204 g/mol. The molecule has 2 nitrogen and oxygen atoms in total. The van der Waals surface area contributed by atoms with Gasteiger partial charge >= 0.3 is 5.97 Å². The quantitative estimate of drug-likeness (QED) is 0.404. The molecule has 1 rings (SSSR count). The highest BCUT2D eigenvalue weighted by atomic mass is 16.5. The van der Waals surface area contributed by atoms with E-state index >= 15 is 0 Å². The molecular formula is C13H16O2. The Kier molecular flexibility index (Phi) is 5.23. The minimum absolute atomic E-state index is 0.196. The molecular weight excluding hydrogens is 188 g/mol. The second-order valence-corrected chi connectivity index (χ2v) is 3.30. The molecule has 0 aliphatic carbocycles. The van der Waals surface area contributed by atoms with Crippen LogP contribution in [0, 0.1) is 0 Å². The summed E-state index contributed by atoms with van der Waals surface area (Å²) in [6.45, 7) is 3.96. The van der Waals surface area contributed by atoms with E-state index in [9.17, 15) is 4.79 Å². The average molecular weight is 204 g/mol. The zero-order chi connectivity index (χ0) is 10.9. The van der Waals surface area contributed by atoms with Gasteiger partial charge in [0.25, 0.3) is 0 Å². The summed E-state index contributed by atoms with van der Waals surface area (Å²) < 4.78 is 4.99. The molecule has 0 fully saturated rings. The van der Waals surface area contributed by atoms with Crippen LogP contribution in [0.5, 0.6) is 0 Å². The topological polar surface area (TPSA) is 26.3 Å². The van der Waals surface area contributed by atoms with Crippen molar-refractivity contribution >= 4 is 5.97 Å². The molecule has 0 aliphatic heterocycles. The lowest BCUT2D eigenvalue weighted by atomic mass is 10.1. The number of carbonyl (C=O) groups is 1. The molecule has 0 radical (unpaired) electrons. The molecule has 1 aromatic rings. The van der Waals surface area contributed by atoms with E-state index in [-0.39, 0.29) is 5.97 Å². The molecule has 0 aromatic heterocycles. The largest absolute Gasteiger partial charge is 0.465 e. The summed E-state index contributed by atoms with van der Waals surface area (Å²) in [6.07, 6.45) is 3.67. The van der Waals surface area contributed by atoms with Gasteiger partial charge in [-0.3, -0.25) is 4.79 Å². The van der Waals surface area contributed by atoms with E-state index in [1.165, 1.54) is 5.56 Å². The first-order chi connectivity index (χ1) is 7.33. The van der Waals surface area contributed by atoms with Crippen molar-refractivity contribution in [1.29, 1.82) is 0 Å². The minimum atomic E-state index is -0.196. The van der Waals surface area contributed by atoms with Crippen molar-refractivity contribution in [2.24, 2.45) is 0 Å². The number of ether oxygens (including phenoxy) is 1. The maximum atomic E-state index is 11.0. The first kappa shape index (κ1) is 11.5. The van der Waals surface area contributed by atoms with Crippen LogP contribution in [0.1, 0.15) is 18.4 Å². The SMILES string of the molecule is C=CCC(=O)OCCCc1ccccc1. The highest BCUT2D eigenvalue weighted by molar-refractivity contribution is 5.70. The fourth-order valence-corrected chi connectivity index (χ4v) is 1.28. The second-order valence-electron chi connectivity index (χ2n) is 3.30. The van der Waals surface area contributed by atoms with Crippen LogP contribution in [0.4, 0.5) is 0 Å². The van der Waals surface area contributed by atoms with Crippen LogP contribution in [-0.2, 0) is 16.0 Å². The van der Waals surface area contributed by atoms with Gasteiger partial charge in [-0.2, -0.15) is 0 Å². The summed E-state index contributed by atoms with van der Waals surface area (Å²) in [5, 5.41) is 0. The van der Waals surface area contributed by atoms with Gasteiger partial charge in [0.1, 0.15) is 0 Å². The lowest BCUT2D eigenvalue weighted by Crippen LogP contribution is -2.05. The molecule has 0 spiro atoms. The van der Waals surface area contributed by atoms with E-state index in [1.807, 2.05) is 18.2 Å². The van der Waals surface area contributed by atoms with Crippen molar-refractivity contribution < 1.29 is 9.53 Å². The van der Waals surface area contributed by atoms with E-state index in [0.717, 1.165) is 12.8 Å². The van der Waals surface area contributed by atoms with Crippen LogP contribution in [-0.4, -0.2) is 12.6 Å². The van der Waals surface area contributed by atoms with Gasteiger partial charge in [0, 0.05) is 0 Å². The number of carbonyl (C=O) groups excluding carboxylic acids is 1. The number of rotatable bonds is 6. The van der Waals surface area contributed by atoms with E-state index in [2.05, 4.69) is 18.7 Å².